The van der Waals surface area contributed by atoms with Gasteiger partial charge in [-0.05, 0) is 71.1 Å². The van der Waals surface area contributed by atoms with Crippen molar-refractivity contribution in [2.75, 3.05) is 16.0 Å². The fourth-order valence-electron chi connectivity index (χ4n) is 4.27. The molecule has 0 bridgehead atoms. The van der Waals surface area contributed by atoms with E-state index < -0.39 is 6.09 Å². The second kappa shape index (κ2) is 10.9. The molecule has 4 N–H and O–H groups in total. The summed E-state index contributed by atoms with van der Waals surface area (Å²) in [5.74, 6) is -0.246. The molecule has 38 heavy (non-hydrogen) atoms. The van der Waals surface area contributed by atoms with E-state index in [2.05, 4.69) is 21.3 Å². The lowest BCUT2D eigenvalue weighted by molar-refractivity contribution is 0.0966. The fourth-order valence-corrected chi connectivity index (χ4v) is 4.27. The van der Waals surface area contributed by atoms with Crippen molar-refractivity contribution in [2.24, 2.45) is 0 Å². The number of rotatable bonds is 6. The fraction of sp³-hybridized carbons (Fsp3) is 0.100. The number of ether oxygens (including phenoxy) is 1. The first-order valence-corrected chi connectivity index (χ1v) is 12.1. The number of amides is 4. The van der Waals surface area contributed by atoms with Gasteiger partial charge in [-0.25, -0.2) is 9.59 Å². The van der Waals surface area contributed by atoms with Crippen LogP contribution in [-0.4, -0.2) is 18.0 Å². The molecular formula is C30H26N4O4. The van der Waals surface area contributed by atoms with Crippen molar-refractivity contribution < 1.29 is 19.1 Å². The van der Waals surface area contributed by atoms with Crippen molar-refractivity contribution in [1.29, 1.82) is 0 Å². The highest BCUT2D eigenvalue weighted by Gasteiger charge is 2.25. The molecule has 8 heteroatoms. The molecular weight excluding hydrogens is 480 g/mol. The van der Waals surface area contributed by atoms with Crippen LogP contribution < -0.4 is 21.3 Å². The van der Waals surface area contributed by atoms with Crippen LogP contribution in [0.2, 0.25) is 0 Å². The van der Waals surface area contributed by atoms with Crippen molar-refractivity contribution in [1.82, 2.24) is 5.32 Å². The van der Waals surface area contributed by atoms with Gasteiger partial charge in [0.15, 0.2) is 0 Å². The number of benzene rings is 4. The van der Waals surface area contributed by atoms with Crippen LogP contribution in [-0.2, 0) is 17.9 Å². The second-order valence-electron chi connectivity index (χ2n) is 8.95. The zero-order chi connectivity index (χ0) is 26.5. The normalized spacial score (nSPS) is 11.8. The Bertz CT molecular complexity index is 1500. The van der Waals surface area contributed by atoms with Gasteiger partial charge in [-0.2, -0.15) is 0 Å². The Morgan fingerprint density at radius 2 is 1.58 bits per heavy atom. The van der Waals surface area contributed by atoms with Crippen molar-refractivity contribution in [3.8, 4) is 11.1 Å². The molecule has 0 aromatic heterocycles. The van der Waals surface area contributed by atoms with E-state index >= 15 is 0 Å². The number of aryl methyl sites for hydroxylation is 1. The molecule has 0 saturated carbocycles. The summed E-state index contributed by atoms with van der Waals surface area (Å²) in [6.07, 6.45) is -0.646. The standard InChI is InChI=1S/C30H26N4O4/c1-19-6-5-9-25(14-19)33-29(36)32-24-12-10-21(11-13-24)22-15-23-17-31-28(35)27(23)26(16-22)34-30(37)38-18-20-7-3-2-4-8-20/h2-16H,17-18H2,1H3,(H,31,35)(H,34,37)(H2,32,33,36). The molecule has 0 radical (unpaired) electrons. The molecule has 0 unspecified atom stereocenters. The Labute approximate surface area is 220 Å². The maximum atomic E-state index is 12.5. The van der Waals surface area contributed by atoms with E-state index in [-0.39, 0.29) is 18.5 Å². The topological polar surface area (TPSA) is 109 Å². The number of anilines is 3. The third-order valence-electron chi connectivity index (χ3n) is 6.09. The van der Waals surface area contributed by atoms with Crippen LogP contribution in [0.4, 0.5) is 26.7 Å². The predicted molar refractivity (Wildman–Crippen MR) is 147 cm³/mol. The third-order valence-corrected chi connectivity index (χ3v) is 6.09. The monoisotopic (exact) mass is 506 g/mol. The third kappa shape index (κ3) is 5.82. The first-order valence-electron chi connectivity index (χ1n) is 12.1. The molecule has 0 atom stereocenters. The van der Waals surface area contributed by atoms with E-state index in [1.54, 1.807) is 18.2 Å². The molecule has 5 rings (SSSR count). The summed E-state index contributed by atoms with van der Waals surface area (Å²) in [6.45, 7) is 2.45. The van der Waals surface area contributed by atoms with Crippen LogP contribution in [0.15, 0.2) is 91.0 Å². The lowest BCUT2D eigenvalue weighted by atomic mass is 9.98. The maximum Gasteiger partial charge on any atom is 0.411 e. The number of hydrogen-bond acceptors (Lipinski definition) is 4. The lowest BCUT2D eigenvalue weighted by Gasteiger charge is -2.13. The Morgan fingerprint density at radius 1 is 0.816 bits per heavy atom. The Morgan fingerprint density at radius 3 is 2.34 bits per heavy atom. The summed E-state index contributed by atoms with van der Waals surface area (Å²) in [7, 11) is 0. The number of hydrogen-bond donors (Lipinski definition) is 4. The molecule has 4 aromatic carbocycles. The van der Waals surface area contributed by atoms with Gasteiger partial charge < -0.3 is 20.7 Å². The Hall–Kier alpha value is -5.11. The van der Waals surface area contributed by atoms with E-state index in [9.17, 15) is 14.4 Å². The number of nitrogens with one attached hydrogen (secondary N) is 4. The van der Waals surface area contributed by atoms with Crippen LogP contribution >= 0.6 is 0 Å². The summed E-state index contributed by atoms with van der Waals surface area (Å²) in [5, 5.41) is 11.2. The smallest absolute Gasteiger partial charge is 0.411 e. The molecule has 4 amide bonds. The van der Waals surface area contributed by atoms with Crippen LogP contribution in [0.5, 0.6) is 0 Å². The van der Waals surface area contributed by atoms with Gasteiger partial charge in [0.2, 0.25) is 0 Å². The summed E-state index contributed by atoms with van der Waals surface area (Å²) < 4.78 is 5.35. The molecule has 1 aliphatic rings. The van der Waals surface area contributed by atoms with Crippen LogP contribution in [0, 0.1) is 6.92 Å². The van der Waals surface area contributed by atoms with E-state index in [0.717, 1.165) is 27.8 Å². The molecule has 0 spiro atoms. The van der Waals surface area contributed by atoms with Gasteiger partial charge in [0.05, 0.1) is 11.3 Å². The zero-order valence-corrected chi connectivity index (χ0v) is 20.7. The molecule has 8 nitrogen and oxygen atoms in total. The number of urea groups is 1. The molecule has 4 aromatic rings. The van der Waals surface area contributed by atoms with Crippen molar-refractivity contribution in [2.45, 2.75) is 20.1 Å². The molecule has 190 valence electrons. The average molecular weight is 507 g/mol. The van der Waals surface area contributed by atoms with E-state index in [0.29, 0.717) is 29.2 Å². The maximum absolute atomic E-state index is 12.5. The zero-order valence-electron chi connectivity index (χ0n) is 20.7. The highest BCUT2D eigenvalue weighted by atomic mass is 16.5. The van der Waals surface area contributed by atoms with Crippen molar-refractivity contribution in [3.05, 3.63) is 113 Å². The highest BCUT2D eigenvalue weighted by Crippen LogP contribution is 2.32. The summed E-state index contributed by atoms with van der Waals surface area (Å²) in [5.41, 5.74) is 6.51. The van der Waals surface area contributed by atoms with Crippen LogP contribution in [0.25, 0.3) is 11.1 Å². The van der Waals surface area contributed by atoms with E-state index in [4.69, 9.17) is 4.74 Å². The Balaban J connectivity index is 1.29. The van der Waals surface area contributed by atoms with Crippen LogP contribution in [0.3, 0.4) is 0 Å². The van der Waals surface area contributed by atoms with E-state index in [1.807, 2.05) is 79.7 Å². The van der Waals surface area contributed by atoms with Gasteiger partial charge in [0.25, 0.3) is 5.91 Å². The number of carbonyl (C=O) groups is 3. The second-order valence-corrected chi connectivity index (χ2v) is 8.95. The minimum Gasteiger partial charge on any atom is -0.444 e. The van der Waals surface area contributed by atoms with Gasteiger partial charge in [0.1, 0.15) is 6.61 Å². The average Bonchev–Trinajstić information content (AvgIpc) is 3.29. The predicted octanol–water partition coefficient (Wildman–Crippen LogP) is 6.30. The molecule has 0 fully saturated rings. The first-order chi connectivity index (χ1) is 18.4. The first kappa shape index (κ1) is 24.6. The summed E-state index contributed by atoms with van der Waals surface area (Å²) in [4.78, 5) is 37.4. The van der Waals surface area contributed by atoms with Crippen molar-refractivity contribution >= 4 is 35.1 Å². The highest BCUT2D eigenvalue weighted by molar-refractivity contribution is 6.07. The van der Waals surface area contributed by atoms with Gasteiger partial charge in [0, 0.05) is 17.9 Å². The lowest BCUT2D eigenvalue weighted by Crippen LogP contribution is -2.19. The van der Waals surface area contributed by atoms with Crippen LogP contribution in [0.1, 0.15) is 27.0 Å². The van der Waals surface area contributed by atoms with E-state index in [1.165, 1.54) is 0 Å². The molecule has 1 heterocycles. The van der Waals surface area contributed by atoms with Gasteiger partial charge in [-0.1, -0.05) is 54.6 Å². The van der Waals surface area contributed by atoms with Gasteiger partial charge in [-0.15, -0.1) is 0 Å². The molecule has 0 aliphatic carbocycles. The Kier molecular flexibility index (Phi) is 7.04. The minimum atomic E-state index is -0.646. The van der Waals surface area contributed by atoms with Gasteiger partial charge >= 0.3 is 12.1 Å². The SMILES string of the molecule is Cc1cccc(NC(=O)Nc2ccc(-c3cc4c(c(NC(=O)OCc5ccccc5)c3)C(=O)NC4)cc2)c1. The largest absolute Gasteiger partial charge is 0.444 e. The van der Waals surface area contributed by atoms with Gasteiger partial charge in [-0.3, -0.25) is 10.1 Å². The quantitative estimate of drug-likeness (QED) is 0.246. The molecule has 0 saturated heterocycles. The summed E-state index contributed by atoms with van der Waals surface area (Å²) >= 11 is 0. The minimum absolute atomic E-state index is 0.118. The van der Waals surface area contributed by atoms with Crippen molar-refractivity contribution in [3.63, 3.8) is 0 Å². The number of carbonyl (C=O) groups excluding carboxylic acids is 3. The molecule has 1 aliphatic heterocycles. The summed E-state index contributed by atoms with van der Waals surface area (Å²) in [6, 6.07) is 27.6. The number of fused-ring (bicyclic) bond motifs is 1.